The summed E-state index contributed by atoms with van der Waals surface area (Å²) in [6, 6.07) is 23.1. The maximum Gasteiger partial charge on any atom is 0.240 e. The zero-order chi connectivity index (χ0) is 20.4. The second-order valence-electron chi connectivity index (χ2n) is 7.11. The Morgan fingerprint density at radius 3 is 2.34 bits per heavy atom. The van der Waals surface area contributed by atoms with Crippen molar-refractivity contribution >= 4 is 21.1 Å². The Kier molecular flexibility index (Phi) is 5.22. The molecule has 0 saturated carbocycles. The summed E-state index contributed by atoms with van der Waals surface area (Å²) in [5.74, 6) is 0.835. The molecule has 0 spiro atoms. The van der Waals surface area contributed by atoms with Gasteiger partial charge in [0.25, 0.3) is 0 Å². The van der Waals surface area contributed by atoms with E-state index < -0.39 is 10.0 Å². The number of nitrogens with one attached hydrogen (secondary N) is 1. The van der Waals surface area contributed by atoms with Crippen LogP contribution >= 0.6 is 0 Å². The van der Waals surface area contributed by atoms with Crippen LogP contribution in [0.3, 0.4) is 0 Å². The molecule has 4 aromatic rings. The van der Waals surface area contributed by atoms with Gasteiger partial charge in [-0.3, -0.25) is 0 Å². The molecule has 0 atom stereocenters. The second kappa shape index (κ2) is 7.81. The molecule has 0 amide bonds. The van der Waals surface area contributed by atoms with Gasteiger partial charge in [0.2, 0.25) is 10.0 Å². The first-order valence-corrected chi connectivity index (χ1v) is 11.0. The zero-order valence-electron chi connectivity index (χ0n) is 16.5. The van der Waals surface area contributed by atoms with Gasteiger partial charge in [0.05, 0.1) is 15.9 Å². The monoisotopic (exact) mass is 405 g/mol. The number of hydrogen-bond acceptors (Lipinski definition) is 3. The number of sulfonamides is 1. The largest absolute Gasteiger partial charge is 0.323 e. The van der Waals surface area contributed by atoms with Crippen LogP contribution < -0.4 is 4.72 Å². The summed E-state index contributed by atoms with van der Waals surface area (Å²) in [7, 11) is -3.56. The number of rotatable bonds is 6. The van der Waals surface area contributed by atoms with Crippen LogP contribution in [0, 0.1) is 13.8 Å². The number of hydrogen-bond donors (Lipinski definition) is 1. The van der Waals surface area contributed by atoms with Crippen molar-refractivity contribution in [3.05, 3.63) is 83.9 Å². The van der Waals surface area contributed by atoms with E-state index in [0.717, 1.165) is 28.0 Å². The molecule has 3 aromatic carbocycles. The van der Waals surface area contributed by atoms with Gasteiger partial charge in [-0.05, 0) is 37.6 Å². The van der Waals surface area contributed by atoms with Crippen molar-refractivity contribution in [1.82, 2.24) is 14.3 Å². The van der Waals surface area contributed by atoms with Crippen molar-refractivity contribution in [2.24, 2.45) is 0 Å². The van der Waals surface area contributed by atoms with E-state index in [1.807, 2.05) is 49.4 Å². The third-order valence-corrected chi connectivity index (χ3v) is 6.60. The average Bonchev–Trinajstić information content (AvgIpc) is 3.07. The highest BCUT2D eigenvalue weighted by molar-refractivity contribution is 7.89. The van der Waals surface area contributed by atoms with Crippen LogP contribution in [0.1, 0.15) is 11.1 Å². The molecule has 1 heterocycles. The first-order chi connectivity index (χ1) is 14.0. The summed E-state index contributed by atoms with van der Waals surface area (Å²) in [6.45, 7) is 4.60. The van der Waals surface area contributed by atoms with Gasteiger partial charge in [-0.25, -0.2) is 18.1 Å². The zero-order valence-corrected chi connectivity index (χ0v) is 17.3. The van der Waals surface area contributed by atoms with E-state index in [0.29, 0.717) is 11.4 Å². The van der Waals surface area contributed by atoms with Gasteiger partial charge >= 0.3 is 0 Å². The maximum atomic E-state index is 12.7. The van der Waals surface area contributed by atoms with Gasteiger partial charge in [-0.15, -0.1) is 0 Å². The molecule has 0 radical (unpaired) electrons. The molecule has 0 aliphatic heterocycles. The maximum absolute atomic E-state index is 12.7. The molecule has 0 aliphatic rings. The smallest absolute Gasteiger partial charge is 0.240 e. The van der Waals surface area contributed by atoms with Gasteiger partial charge in [-0.2, -0.15) is 0 Å². The molecule has 29 heavy (non-hydrogen) atoms. The lowest BCUT2D eigenvalue weighted by molar-refractivity contribution is 0.574. The third-order valence-electron chi connectivity index (χ3n) is 4.97. The van der Waals surface area contributed by atoms with Crippen molar-refractivity contribution < 1.29 is 8.42 Å². The molecule has 0 bridgehead atoms. The summed E-state index contributed by atoms with van der Waals surface area (Å²) in [5, 5.41) is 0. The molecule has 6 heteroatoms. The Labute approximate surface area is 171 Å². The lowest BCUT2D eigenvalue weighted by Crippen LogP contribution is -2.28. The van der Waals surface area contributed by atoms with E-state index in [-0.39, 0.29) is 6.54 Å². The summed E-state index contributed by atoms with van der Waals surface area (Å²) in [5.41, 5.74) is 4.80. The summed E-state index contributed by atoms with van der Waals surface area (Å²) in [4.78, 5) is 5.10. The quantitative estimate of drug-likeness (QED) is 0.520. The van der Waals surface area contributed by atoms with Crippen LogP contribution in [0.15, 0.2) is 77.7 Å². The predicted octanol–water partition coefficient (Wildman–Crippen LogP) is 4.30. The van der Waals surface area contributed by atoms with Gasteiger partial charge in [0.15, 0.2) is 0 Å². The van der Waals surface area contributed by atoms with E-state index in [2.05, 4.69) is 21.4 Å². The predicted molar refractivity (Wildman–Crippen MR) is 116 cm³/mol. The SMILES string of the molecule is Cc1ccc(-c2nc3ccccc3n2CCNS(=O)(=O)c2ccccc2C)cc1. The Balaban J connectivity index is 1.63. The van der Waals surface area contributed by atoms with Gasteiger partial charge in [-0.1, -0.05) is 60.2 Å². The fourth-order valence-electron chi connectivity index (χ4n) is 3.45. The molecule has 1 aromatic heterocycles. The minimum atomic E-state index is -3.56. The fraction of sp³-hybridized carbons (Fsp3) is 0.174. The number of aryl methyl sites for hydroxylation is 2. The summed E-state index contributed by atoms with van der Waals surface area (Å²) < 4.78 is 30.2. The highest BCUT2D eigenvalue weighted by Gasteiger charge is 2.17. The van der Waals surface area contributed by atoms with Crippen molar-refractivity contribution in [2.45, 2.75) is 25.3 Å². The first kappa shape index (κ1) is 19.4. The van der Waals surface area contributed by atoms with Crippen LogP contribution in [0.2, 0.25) is 0 Å². The minimum Gasteiger partial charge on any atom is -0.323 e. The molecule has 148 valence electrons. The molecular weight excluding hydrogens is 382 g/mol. The topological polar surface area (TPSA) is 64.0 Å². The van der Waals surface area contributed by atoms with Gasteiger partial charge in [0.1, 0.15) is 5.82 Å². The van der Waals surface area contributed by atoms with Crippen LogP contribution in [-0.4, -0.2) is 24.5 Å². The summed E-state index contributed by atoms with van der Waals surface area (Å²) in [6.07, 6.45) is 0. The van der Waals surface area contributed by atoms with Crippen molar-refractivity contribution in [2.75, 3.05) is 6.54 Å². The van der Waals surface area contributed by atoms with Gasteiger partial charge in [0, 0.05) is 18.7 Å². The normalized spacial score (nSPS) is 11.8. The number of nitrogens with zero attached hydrogens (tertiary/aromatic N) is 2. The lowest BCUT2D eigenvalue weighted by Gasteiger charge is -2.12. The average molecular weight is 406 g/mol. The highest BCUT2D eigenvalue weighted by Crippen LogP contribution is 2.25. The number of para-hydroxylation sites is 2. The highest BCUT2D eigenvalue weighted by atomic mass is 32.2. The molecule has 1 N–H and O–H groups in total. The lowest BCUT2D eigenvalue weighted by atomic mass is 10.1. The Morgan fingerprint density at radius 1 is 0.897 bits per heavy atom. The van der Waals surface area contributed by atoms with Crippen molar-refractivity contribution in [1.29, 1.82) is 0 Å². The van der Waals surface area contributed by atoms with E-state index >= 15 is 0 Å². The number of imidazole rings is 1. The van der Waals surface area contributed by atoms with E-state index in [1.165, 1.54) is 5.56 Å². The van der Waals surface area contributed by atoms with Crippen LogP contribution in [0.5, 0.6) is 0 Å². The van der Waals surface area contributed by atoms with Crippen LogP contribution in [-0.2, 0) is 16.6 Å². The number of benzene rings is 3. The summed E-state index contributed by atoms with van der Waals surface area (Å²) >= 11 is 0. The Morgan fingerprint density at radius 2 is 1.59 bits per heavy atom. The Hall–Kier alpha value is -2.96. The molecule has 5 nitrogen and oxygen atoms in total. The van der Waals surface area contributed by atoms with E-state index in [4.69, 9.17) is 4.98 Å². The first-order valence-electron chi connectivity index (χ1n) is 9.53. The second-order valence-corrected chi connectivity index (χ2v) is 8.84. The van der Waals surface area contributed by atoms with Crippen LogP contribution in [0.4, 0.5) is 0 Å². The minimum absolute atomic E-state index is 0.274. The molecule has 0 aliphatic carbocycles. The fourth-order valence-corrected chi connectivity index (χ4v) is 4.72. The molecule has 0 saturated heterocycles. The molecule has 4 rings (SSSR count). The van der Waals surface area contributed by atoms with Crippen LogP contribution in [0.25, 0.3) is 22.4 Å². The molecular formula is C23H23N3O2S. The van der Waals surface area contributed by atoms with Gasteiger partial charge < -0.3 is 4.57 Å². The van der Waals surface area contributed by atoms with Crippen molar-refractivity contribution in [3.63, 3.8) is 0 Å². The number of fused-ring (bicyclic) bond motifs is 1. The Bertz CT molecular complexity index is 1260. The third kappa shape index (κ3) is 3.95. The molecule has 0 fully saturated rings. The van der Waals surface area contributed by atoms with E-state index in [1.54, 1.807) is 25.1 Å². The van der Waals surface area contributed by atoms with Crippen molar-refractivity contribution in [3.8, 4) is 11.4 Å². The molecule has 0 unspecified atom stereocenters. The standard InChI is InChI=1S/C23H23N3O2S/c1-17-11-13-19(14-12-17)23-25-20-8-4-5-9-21(20)26(23)16-15-24-29(27,28)22-10-6-3-7-18(22)2/h3-14,24H,15-16H2,1-2H3. The van der Waals surface area contributed by atoms with E-state index in [9.17, 15) is 8.42 Å². The number of aromatic nitrogens is 2.